The average Bonchev–Trinajstić information content (AvgIpc) is 2.88. The molecule has 2 N–H and O–H groups in total. The predicted molar refractivity (Wildman–Crippen MR) is 74.4 cm³/mol. The second kappa shape index (κ2) is 6.14. The molecule has 6 heteroatoms. The number of rotatable bonds is 4. The fourth-order valence-corrected chi connectivity index (χ4v) is 2.82. The molecule has 0 aromatic carbocycles. The molecule has 0 atom stereocenters. The number of hydrogen-bond donors (Lipinski definition) is 1. The molecule has 0 saturated heterocycles. The van der Waals surface area contributed by atoms with Crippen molar-refractivity contribution in [2.24, 2.45) is 5.73 Å². The Balaban J connectivity index is 2.21. The van der Waals surface area contributed by atoms with Crippen molar-refractivity contribution in [3.63, 3.8) is 0 Å². The number of nitrogens with zero attached hydrogens (tertiary/aromatic N) is 2. The monoisotopic (exact) mass is 325 g/mol. The van der Waals surface area contributed by atoms with Crippen molar-refractivity contribution < 1.29 is 9.59 Å². The Labute approximate surface area is 120 Å². The van der Waals surface area contributed by atoms with E-state index in [4.69, 9.17) is 5.73 Å². The number of pyridine rings is 1. The van der Waals surface area contributed by atoms with Gasteiger partial charge in [0.05, 0.1) is 6.54 Å². The second-order valence-electron chi connectivity index (χ2n) is 4.70. The van der Waals surface area contributed by atoms with Crippen LogP contribution in [0.3, 0.4) is 0 Å². The first kappa shape index (κ1) is 14.0. The minimum Gasteiger partial charge on any atom is -0.368 e. The molecular formula is C13H16BrN3O2. The minimum atomic E-state index is -0.478. The van der Waals surface area contributed by atoms with Crippen LogP contribution in [0.1, 0.15) is 36.0 Å². The van der Waals surface area contributed by atoms with Crippen molar-refractivity contribution in [1.82, 2.24) is 9.88 Å². The molecular weight excluding hydrogens is 310 g/mol. The van der Waals surface area contributed by atoms with Crippen molar-refractivity contribution in [3.8, 4) is 0 Å². The smallest absolute Gasteiger partial charge is 0.254 e. The largest absolute Gasteiger partial charge is 0.368 e. The number of halogens is 1. The molecule has 1 aliphatic rings. The number of amides is 2. The highest BCUT2D eigenvalue weighted by molar-refractivity contribution is 9.10. The van der Waals surface area contributed by atoms with Crippen LogP contribution in [0, 0.1) is 0 Å². The molecule has 1 fully saturated rings. The van der Waals surface area contributed by atoms with E-state index in [0.717, 1.165) is 25.7 Å². The zero-order chi connectivity index (χ0) is 13.8. The highest BCUT2D eigenvalue weighted by Crippen LogP contribution is 2.25. The maximum Gasteiger partial charge on any atom is 0.254 e. The first-order valence-corrected chi connectivity index (χ1v) is 7.08. The van der Waals surface area contributed by atoms with Gasteiger partial charge in [0.2, 0.25) is 5.91 Å². The Morgan fingerprint density at radius 3 is 2.68 bits per heavy atom. The number of nitrogens with two attached hydrogens (primary N) is 1. The van der Waals surface area contributed by atoms with Crippen molar-refractivity contribution in [1.29, 1.82) is 0 Å². The zero-order valence-corrected chi connectivity index (χ0v) is 12.1. The van der Waals surface area contributed by atoms with Crippen LogP contribution >= 0.6 is 15.9 Å². The topological polar surface area (TPSA) is 76.3 Å². The molecule has 1 aliphatic carbocycles. The summed E-state index contributed by atoms with van der Waals surface area (Å²) in [7, 11) is 0. The quantitative estimate of drug-likeness (QED) is 0.856. The van der Waals surface area contributed by atoms with Crippen LogP contribution < -0.4 is 5.73 Å². The van der Waals surface area contributed by atoms with Gasteiger partial charge in [0.25, 0.3) is 5.91 Å². The average molecular weight is 326 g/mol. The van der Waals surface area contributed by atoms with Gasteiger partial charge in [0.15, 0.2) is 0 Å². The molecule has 1 heterocycles. The van der Waals surface area contributed by atoms with E-state index in [0.29, 0.717) is 10.2 Å². The molecule has 2 amide bonds. The van der Waals surface area contributed by atoms with Gasteiger partial charge in [-0.05, 0) is 40.9 Å². The Bertz CT molecular complexity index is 487. The lowest BCUT2D eigenvalue weighted by Gasteiger charge is -2.27. The van der Waals surface area contributed by atoms with Gasteiger partial charge in [-0.2, -0.15) is 0 Å². The lowest BCUT2D eigenvalue weighted by molar-refractivity contribution is -0.119. The number of aromatic nitrogens is 1. The van der Waals surface area contributed by atoms with E-state index in [1.54, 1.807) is 23.2 Å². The first-order chi connectivity index (χ1) is 9.08. The van der Waals surface area contributed by atoms with E-state index in [2.05, 4.69) is 20.9 Å². The van der Waals surface area contributed by atoms with Crippen LogP contribution in [-0.2, 0) is 4.79 Å². The summed E-state index contributed by atoms with van der Waals surface area (Å²) in [6.07, 6.45) is 5.62. The van der Waals surface area contributed by atoms with Crippen molar-refractivity contribution in [2.75, 3.05) is 6.54 Å². The van der Waals surface area contributed by atoms with Crippen molar-refractivity contribution in [3.05, 3.63) is 28.5 Å². The van der Waals surface area contributed by atoms with Gasteiger partial charge in [0.1, 0.15) is 4.60 Å². The van der Waals surface area contributed by atoms with Gasteiger partial charge >= 0.3 is 0 Å². The first-order valence-electron chi connectivity index (χ1n) is 6.29. The Morgan fingerprint density at radius 2 is 2.11 bits per heavy atom. The highest BCUT2D eigenvalue weighted by atomic mass is 79.9. The Kier molecular flexibility index (Phi) is 4.52. The van der Waals surface area contributed by atoms with E-state index in [9.17, 15) is 9.59 Å². The summed E-state index contributed by atoms with van der Waals surface area (Å²) in [5.41, 5.74) is 5.78. The van der Waals surface area contributed by atoms with E-state index < -0.39 is 5.91 Å². The van der Waals surface area contributed by atoms with Gasteiger partial charge < -0.3 is 10.6 Å². The molecule has 1 saturated carbocycles. The summed E-state index contributed by atoms with van der Waals surface area (Å²) >= 11 is 3.24. The molecule has 19 heavy (non-hydrogen) atoms. The summed E-state index contributed by atoms with van der Waals surface area (Å²) in [4.78, 5) is 29.3. The van der Waals surface area contributed by atoms with Crippen molar-refractivity contribution >= 4 is 27.7 Å². The Morgan fingerprint density at radius 1 is 1.42 bits per heavy atom. The summed E-state index contributed by atoms with van der Waals surface area (Å²) < 4.78 is 0.601. The second-order valence-corrected chi connectivity index (χ2v) is 5.52. The van der Waals surface area contributed by atoms with E-state index >= 15 is 0 Å². The van der Waals surface area contributed by atoms with Crippen LogP contribution in [-0.4, -0.2) is 34.3 Å². The summed E-state index contributed by atoms with van der Waals surface area (Å²) in [6, 6.07) is 3.42. The lowest BCUT2D eigenvalue weighted by Crippen LogP contribution is -2.44. The molecule has 0 aliphatic heterocycles. The summed E-state index contributed by atoms with van der Waals surface area (Å²) in [5.74, 6) is -0.637. The van der Waals surface area contributed by atoms with Gasteiger partial charge in [-0.15, -0.1) is 0 Å². The van der Waals surface area contributed by atoms with Gasteiger partial charge in [-0.3, -0.25) is 9.59 Å². The van der Waals surface area contributed by atoms with Crippen molar-refractivity contribution in [2.45, 2.75) is 31.7 Å². The molecule has 102 valence electrons. The van der Waals surface area contributed by atoms with Crippen LogP contribution in [0.2, 0.25) is 0 Å². The van der Waals surface area contributed by atoms with Gasteiger partial charge in [-0.25, -0.2) is 4.98 Å². The molecule has 1 aromatic rings. The highest BCUT2D eigenvalue weighted by Gasteiger charge is 2.28. The van der Waals surface area contributed by atoms with Crippen LogP contribution in [0.15, 0.2) is 22.9 Å². The number of carbonyl (C=O) groups excluding carboxylic acids is 2. The third kappa shape index (κ3) is 3.53. The SMILES string of the molecule is NC(=O)CN(C(=O)c1ccnc(Br)c1)C1CCCC1. The summed E-state index contributed by atoms with van der Waals surface area (Å²) in [5, 5.41) is 0. The van der Waals surface area contributed by atoms with Crippen LogP contribution in [0.5, 0.6) is 0 Å². The standard InChI is InChI=1S/C13H16BrN3O2/c14-11-7-9(5-6-16-11)13(19)17(8-12(15)18)10-3-1-2-4-10/h5-7,10H,1-4,8H2,(H2,15,18). The minimum absolute atomic E-state index is 0.0244. The molecule has 0 radical (unpaired) electrons. The molecule has 0 unspecified atom stereocenters. The Hall–Kier alpha value is -1.43. The number of primary amides is 1. The summed E-state index contributed by atoms with van der Waals surface area (Å²) in [6.45, 7) is -0.0244. The number of hydrogen-bond acceptors (Lipinski definition) is 3. The van der Waals surface area contributed by atoms with Gasteiger partial charge in [-0.1, -0.05) is 12.8 Å². The fraction of sp³-hybridized carbons (Fsp3) is 0.462. The van der Waals surface area contributed by atoms with E-state index in [1.807, 2.05) is 0 Å². The third-order valence-electron chi connectivity index (χ3n) is 3.33. The fourth-order valence-electron chi connectivity index (χ4n) is 2.45. The van der Waals surface area contributed by atoms with Crippen LogP contribution in [0.25, 0.3) is 0 Å². The zero-order valence-electron chi connectivity index (χ0n) is 10.5. The molecule has 1 aromatic heterocycles. The van der Waals surface area contributed by atoms with Gasteiger partial charge in [0, 0.05) is 17.8 Å². The van der Waals surface area contributed by atoms with E-state index in [1.165, 1.54) is 0 Å². The van der Waals surface area contributed by atoms with E-state index in [-0.39, 0.29) is 18.5 Å². The maximum absolute atomic E-state index is 12.5. The molecule has 0 spiro atoms. The molecule has 5 nitrogen and oxygen atoms in total. The third-order valence-corrected chi connectivity index (χ3v) is 3.76. The molecule has 0 bridgehead atoms. The predicted octanol–water partition coefficient (Wildman–Crippen LogP) is 1.71. The van der Waals surface area contributed by atoms with Crippen LogP contribution in [0.4, 0.5) is 0 Å². The molecule has 2 rings (SSSR count). The number of carbonyl (C=O) groups is 2. The lowest BCUT2D eigenvalue weighted by atomic mass is 10.1. The maximum atomic E-state index is 12.5. The normalized spacial score (nSPS) is 15.4.